The predicted octanol–water partition coefficient (Wildman–Crippen LogP) is -0.0723. The summed E-state index contributed by atoms with van der Waals surface area (Å²) in [6, 6.07) is 0. The van der Waals surface area contributed by atoms with Crippen molar-refractivity contribution in [1.29, 1.82) is 0 Å². The number of rotatable bonds is 3. The molecular formula is C6H10N2O2S. The number of aromatic nitrogens is 2. The maximum Gasteiger partial charge on any atom is 0.149 e. The lowest BCUT2D eigenvalue weighted by atomic mass is 10.7. The summed E-state index contributed by atoms with van der Waals surface area (Å²) in [5.41, 5.74) is 0. The molecule has 0 atom stereocenters. The van der Waals surface area contributed by atoms with Gasteiger partial charge in [0.05, 0.1) is 12.1 Å². The molecule has 0 spiro atoms. The number of hydrogen-bond acceptors (Lipinski definition) is 3. The van der Waals surface area contributed by atoms with Gasteiger partial charge in [-0.1, -0.05) is 0 Å². The number of hydrogen-bond donors (Lipinski definition) is 0. The Kier molecular flexibility index (Phi) is 2.28. The first-order valence-electron chi connectivity index (χ1n) is 3.21. The maximum absolute atomic E-state index is 10.7. The van der Waals surface area contributed by atoms with Gasteiger partial charge in [-0.15, -0.1) is 0 Å². The summed E-state index contributed by atoms with van der Waals surface area (Å²) in [5.74, 6) is 0.170. The highest BCUT2D eigenvalue weighted by atomic mass is 32.2. The van der Waals surface area contributed by atoms with E-state index >= 15 is 0 Å². The van der Waals surface area contributed by atoms with Crippen LogP contribution in [0.5, 0.6) is 0 Å². The van der Waals surface area contributed by atoms with E-state index in [1.54, 1.807) is 23.3 Å². The molecule has 0 aromatic carbocycles. The van der Waals surface area contributed by atoms with Gasteiger partial charge < -0.3 is 4.57 Å². The summed E-state index contributed by atoms with van der Waals surface area (Å²) in [4.78, 5) is 3.79. The van der Waals surface area contributed by atoms with Crippen LogP contribution < -0.4 is 0 Å². The average molecular weight is 174 g/mol. The third kappa shape index (κ3) is 3.18. The summed E-state index contributed by atoms with van der Waals surface area (Å²) in [7, 11) is -2.85. The Hall–Kier alpha value is -0.840. The molecule has 0 aliphatic carbocycles. The van der Waals surface area contributed by atoms with E-state index in [4.69, 9.17) is 0 Å². The molecule has 1 rings (SSSR count). The zero-order valence-corrected chi connectivity index (χ0v) is 7.08. The summed E-state index contributed by atoms with van der Waals surface area (Å²) in [5, 5.41) is 0. The molecule has 1 aromatic heterocycles. The molecular weight excluding hydrogens is 164 g/mol. The van der Waals surface area contributed by atoms with Crippen LogP contribution in [0.25, 0.3) is 0 Å². The molecule has 0 N–H and O–H groups in total. The molecule has 0 unspecified atom stereocenters. The highest BCUT2D eigenvalue weighted by Crippen LogP contribution is 1.89. The minimum Gasteiger partial charge on any atom is -0.336 e. The summed E-state index contributed by atoms with van der Waals surface area (Å²) in [6.45, 7) is 0.485. The van der Waals surface area contributed by atoms with E-state index in [0.717, 1.165) is 0 Å². The molecule has 0 bridgehead atoms. The first-order chi connectivity index (χ1) is 5.08. The number of nitrogens with zero attached hydrogens (tertiary/aromatic N) is 2. The van der Waals surface area contributed by atoms with Crippen molar-refractivity contribution in [2.45, 2.75) is 6.54 Å². The van der Waals surface area contributed by atoms with Gasteiger partial charge in [0, 0.05) is 25.2 Å². The molecule has 1 aromatic rings. The Morgan fingerprint density at radius 2 is 2.27 bits per heavy atom. The van der Waals surface area contributed by atoms with E-state index in [1.807, 2.05) is 0 Å². The molecule has 4 nitrogen and oxygen atoms in total. The van der Waals surface area contributed by atoms with Gasteiger partial charge in [-0.2, -0.15) is 0 Å². The topological polar surface area (TPSA) is 52.0 Å². The van der Waals surface area contributed by atoms with Crippen molar-refractivity contribution in [3.8, 4) is 0 Å². The lowest BCUT2D eigenvalue weighted by Crippen LogP contribution is -2.09. The molecule has 0 amide bonds. The Labute approximate surface area is 65.8 Å². The van der Waals surface area contributed by atoms with Crippen molar-refractivity contribution in [2.75, 3.05) is 12.0 Å². The van der Waals surface area contributed by atoms with E-state index in [-0.39, 0.29) is 5.75 Å². The summed E-state index contributed by atoms with van der Waals surface area (Å²) in [6.07, 6.45) is 6.20. The summed E-state index contributed by atoms with van der Waals surface area (Å²) >= 11 is 0. The van der Waals surface area contributed by atoms with Crippen molar-refractivity contribution in [1.82, 2.24) is 9.55 Å². The van der Waals surface area contributed by atoms with E-state index < -0.39 is 9.84 Å². The molecule has 1 heterocycles. The predicted molar refractivity (Wildman–Crippen MR) is 41.9 cm³/mol. The van der Waals surface area contributed by atoms with Crippen molar-refractivity contribution in [2.24, 2.45) is 0 Å². The lowest BCUT2D eigenvalue weighted by molar-refractivity contribution is 0.594. The normalized spacial score (nSPS) is 11.7. The Balaban J connectivity index is 2.48. The van der Waals surface area contributed by atoms with Gasteiger partial charge in [-0.3, -0.25) is 0 Å². The zero-order valence-electron chi connectivity index (χ0n) is 6.27. The molecule has 11 heavy (non-hydrogen) atoms. The van der Waals surface area contributed by atoms with Crippen molar-refractivity contribution in [3.05, 3.63) is 18.7 Å². The minimum absolute atomic E-state index is 0.170. The highest BCUT2D eigenvalue weighted by Gasteiger charge is 2.00. The van der Waals surface area contributed by atoms with E-state index in [0.29, 0.717) is 6.54 Å². The third-order valence-corrected chi connectivity index (χ3v) is 2.20. The average Bonchev–Trinajstić information content (AvgIpc) is 2.32. The lowest BCUT2D eigenvalue weighted by Gasteiger charge is -1.98. The second-order valence-corrected chi connectivity index (χ2v) is 4.69. The van der Waals surface area contributed by atoms with Gasteiger partial charge >= 0.3 is 0 Å². The van der Waals surface area contributed by atoms with Crippen LogP contribution in [0, 0.1) is 0 Å². The van der Waals surface area contributed by atoms with Crippen LogP contribution in [0.3, 0.4) is 0 Å². The van der Waals surface area contributed by atoms with Crippen LogP contribution in [-0.4, -0.2) is 30.0 Å². The number of imidazole rings is 1. The van der Waals surface area contributed by atoms with Gasteiger partial charge in [0.2, 0.25) is 0 Å². The first-order valence-corrected chi connectivity index (χ1v) is 5.27. The van der Waals surface area contributed by atoms with Crippen molar-refractivity contribution < 1.29 is 8.42 Å². The maximum atomic E-state index is 10.7. The second kappa shape index (κ2) is 3.04. The van der Waals surface area contributed by atoms with Gasteiger partial charge in [-0.05, 0) is 0 Å². The van der Waals surface area contributed by atoms with Crippen LogP contribution in [-0.2, 0) is 16.4 Å². The minimum atomic E-state index is -2.85. The summed E-state index contributed by atoms with van der Waals surface area (Å²) < 4.78 is 23.1. The SMILES string of the molecule is CS(=O)(=O)CCn1ccnc1. The Morgan fingerprint density at radius 1 is 1.55 bits per heavy atom. The fraction of sp³-hybridized carbons (Fsp3) is 0.500. The molecule has 5 heteroatoms. The Morgan fingerprint density at radius 3 is 2.73 bits per heavy atom. The van der Waals surface area contributed by atoms with E-state index in [9.17, 15) is 8.42 Å². The zero-order chi connectivity index (χ0) is 8.32. The fourth-order valence-electron chi connectivity index (χ4n) is 0.690. The Bertz CT molecular complexity index is 301. The van der Waals surface area contributed by atoms with E-state index in [2.05, 4.69) is 4.98 Å². The molecule has 0 saturated carbocycles. The smallest absolute Gasteiger partial charge is 0.149 e. The first kappa shape index (κ1) is 8.26. The molecule has 0 fully saturated rings. The third-order valence-electron chi connectivity index (χ3n) is 1.28. The second-order valence-electron chi connectivity index (χ2n) is 2.43. The van der Waals surface area contributed by atoms with Gasteiger partial charge in [0.15, 0.2) is 0 Å². The van der Waals surface area contributed by atoms with Crippen LogP contribution in [0.2, 0.25) is 0 Å². The largest absolute Gasteiger partial charge is 0.336 e. The van der Waals surface area contributed by atoms with Gasteiger partial charge in [0.1, 0.15) is 9.84 Å². The van der Waals surface area contributed by atoms with Crippen LogP contribution in [0.15, 0.2) is 18.7 Å². The number of sulfone groups is 1. The monoisotopic (exact) mass is 174 g/mol. The van der Waals surface area contributed by atoms with E-state index in [1.165, 1.54) is 6.26 Å². The quantitative estimate of drug-likeness (QED) is 0.644. The molecule has 0 radical (unpaired) electrons. The van der Waals surface area contributed by atoms with Crippen LogP contribution in [0.1, 0.15) is 0 Å². The highest BCUT2D eigenvalue weighted by molar-refractivity contribution is 7.90. The van der Waals surface area contributed by atoms with Crippen LogP contribution >= 0.6 is 0 Å². The number of aryl methyl sites for hydroxylation is 1. The van der Waals surface area contributed by atoms with Crippen molar-refractivity contribution >= 4 is 9.84 Å². The molecule has 62 valence electrons. The van der Waals surface area contributed by atoms with Crippen LogP contribution in [0.4, 0.5) is 0 Å². The molecule has 0 aliphatic rings. The molecule has 0 aliphatic heterocycles. The standard InChI is InChI=1S/C6H10N2O2S/c1-11(9,10)5-4-8-3-2-7-6-8/h2-3,6H,4-5H2,1H3. The van der Waals surface area contributed by atoms with Gasteiger partial charge in [0.25, 0.3) is 0 Å². The fourth-order valence-corrected chi connectivity index (χ4v) is 1.23. The molecule has 0 saturated heterocycles. The van der Waals surface area contributed by atoms with Crippen molar-refractivity contribution in [3.63, 3.8) is 0 Å². The van der Waals surface area contributed by atoms with Gasteiger partial charge in [-0.25, -0.2) is 13.4 Å².